The summed E-state index contributed by atoms with van der Waals surface area (Å²) in [7, 11) is 1.32. The Labute approximate surface area is 150 Å². The number of anilines is 1. The number of nitrogens with zero attached hydrogens (tertiary/aromatic N) is 1. The first kappa shape index (κ1) is 17.8. The van der Waals surface area contributed by atoms with Gasteiger partial charge in [0.15, 0.2) is 0 Å². The van der Waals surface area contributed by atoms with Crippen LogP contribution in [0.1, 0.15) is 6.42 Å². The van der Waals surface area contributed by atoms with Gasteiger partial charge in [-0.15, -0.1) is 11.8 Å². The van der Waals surface area contributed by atoms with Crippen molar-refractivity contribution in [2.75, 3.05) is 44.1 Å². The summed E-state index contributed by atoms with van der Waals surface area (Å²) in [6.07, 6.45) is 0.502. The minimum Gasteiger partial charge on any atom is -0.468 e. The number of esters is 1. The summed E-state index contributed by atoms with van der Waals surface area (Å²) in [5.74, 6) is -0.499. The van der Waals surface area contributed by atoms with Gasteiger partial charge in [-0.05, 0) is 18.6 Å². The van der Waals surface area contributed by atoms with E-state index in [2.05, 4.69) is 5.32 Å². The van der Waals surface area contributed by atoms with E-state index in [0.29, 0.717) is 18.8 Å². The molecule has 1 aromatic carbocycles. The molecular weight excluding hydrogens is 344 g/mol. The highest BCUT2D eigenvalue weighted by molar-refractivity contribution is 8.00. The van der Waals surface area contributed by atoms with Gasteiger partial charge < -0.3 is 19.7 Å². The zero-order chi connectivity index (χ0) is 17.9. The van der Waals surface area contributed by atoms with Crippen molar-refractivity contribution >= 4 is 35.2 Å². The molecule has 1 aromatic rings. The summed E-state index contributed by atoms with van der Waals surface area (Å²) in [4.78, 5) is 39.1. The van der Waals surface area contributed by atoms with Crippen LogP contribution >= 0.6 is 11.8 Å². The number of hydrogen-bond donors (Lipinski definition) is 1. The van der Waals surface area contributed by atoms with Crippen molar-refractivity contribution in [2.45, 2.75) is 11.3 Å². The standard InChI is InChI=1S/C17H20N2O5S/c1-23-16(22)17(6-7-24-11-17)10-18-14(20)8-19-12-4-2-3-5-13(12)25-9-15(19)21/h2-5H,6-11H2,1H3,(H,18,20). The summed E-state index contributed by atoms with van der Waals surface area (Å²) < 4.78 is 10.2. The number of hydrogen-bond acceptors (Lipinski definition) is 6. The molecule has 1 atom stereocenters. The van der Waals surface area contributed by atoms with Crippen molar-refractivity contribution in [3.63, 3.8) is 0 Å². The molecule has 0 aliphatic carbocycles. The summed E-state index contributed by atoms with van der Waals surface area (Å²) in [6, 6.07) is 7.50. The lowest BCUT2D eigenvalue weighted by Crippen LogP contribution is -2.48. The van der Waals surface area contributed by atoms with Crippen molar-refractivity contribution < 1.29 is 23.9 Å². The molecule has 0 saturated carbocycles. The molecule has 7 nitrogen and oxygen atoms in total. The van der Waals surface area contributed by atoms with Crippen molar-refractivity contribution in [3.8, 4) is 0 Å². The van der Waals surface area contributed by atoms with Crippen LogP contribution in [0.3, 0.4) is 0 Å². The molecule has 134 valence electrons. The van der Waals surface area contributed by atoms with Gasteiger partial charge in [-0.2, -0.15) is 0 Å². The maximum absolute atomic E-state index is 12.4. The molecule has 0 bridgehead atoms. The van der Waals surface area contributed by atoms with Gasteiger partial charge in [0, 0.05) is 18.0 Å². The van der Waals surface area contributed by atoms with E-state index in [4.69, 9.17) is 9.47 Å². The Balaban J connectivity index is 1.65. The van der Waals surface area contributed by atoms with Crippen molar-refractivity contribution in [1.29, 1.82) is 0 Å². The fraction of sp³-hybridized carbons (Fsp3) is 0.471. The molecule has 2 aliphatic heterocycles. The highest BCUT2D eigenvalue weighted by atomic mass is 32.2. The molecule has 25 heavy (non-hydrogen) atoms. The maximum atomic E-state index is 12.4. The summed E-state index contributed by atoms with van der Waals surface area (Å²) in [5.41, 5.74) is -0.102. The Morgan fingerprint density at radius 2 is 2.20 bits per heavy atom. The number of rotatable bonds is 5. The SMILES string of the molecule is COC(=O)C1(CNC(=O)CN2C(=O)CSc3ccccc32)CCOC1. The van der Waals surface area contributed by atoms with E-state index in [9.17, 15) is 14.4 Å². The number of fused-ring (bicyclic) bond motifs is 1. The number of nitrogens with one attached hydrogen (secondary N) is 1. The zero-order valence-electron chi connectivity index (χ0n) is 13.9. The van der Waals surface area contributed by atoms with Gasteiger partial charge in [0.1, 0.15) is 12.0 Å². The minimum absolute atomic E-state index is 0.0749. The second-order valence-corrected chi connectivity index (χ2v) is 7.10. The molecule has 0 aromatic heterocycles. The van der Waals surface area contributed by atoms with E-state index in [0.717, 1.165) is 10.6 Å². The lowest BCUT2D eigenvalue weighted by Gasteiger charge is -2.29. The lowest BCUT2D eigenvalue weighted by molar-refractivity contribution is -0.152. The maximum Gasteiger partial charge on any atom is 0.316 e. The van der Waals surface area contributed by atoms with Gasteiger partial charge in [0.05, 0.1) is 25.2 Å². The third-order valence-corrected chi connectivity index (χ3v) is 5.50. The third-order valence-electron chi connectivity index (χ3n) is 4.46. The first-order chi connectivity index (χ1) is 12.1. The molecule has 2 heterocycles. The van der Waals surface area contributed by atoms with E-state index in [1.54, 1.807) is 0 Å². The average Bonchev–Trinajstić information content (AvgIpc) is 3.12. The zero-order valence-corrected chi connectivity index (χ0v) is 14.8. The van der Waals surface area contributed by atoms with E-state index in [-0.39, 0.29) is 37.5 Å². The van der Waals surface area contributed by atoms with Gasteiger partial charge in [-0.3, -0.25) is 14.4 Å². The second kappa shape index (κ2) is 7.45. The van der Waals surface area contributed by atoms with Crippen LogP contribution in [-0.2, 0) is 23.9 Å². The van der Waals surface area contributed by atoms with Gasteiger partial charge in [-0.1, -0.05) is 12.1 Å². The van der Waals surface area contributed by atoms with Crippen LogP contribution < -0.4 is 10.2 Å². The van der Waals surface area contributed by atoms with Crippen LogP contribution in [0.25, 0.3) is 0 Å². The third kappa shape index (κ3) is 3.64. The number of carbonyl (C=O) groups excluding carboxylic acids is 3. The first-order valence-corrected chi connectivity index (χ1v) is 8.99. The van der Waals surface area contributed by atoms with Crippen molar-refractivity contribution in [1.82, 2.24) is 5.32 Å². The highest BCUT2D eigenvalue weighted by Gasteiger charge is 2.43. The largest absolute Gasteiger partial charge is 0.468 e. The van der Waals surface area contributed by atoms with Crippen LogP contribution in [0.15, 0.2) is 29.2 Å². The molecule has 1 saturated heterocycles. The predicted molar refractivity (Wildman–Crippen MR) is 92.4 cm³/mol. The number of carbonyl (C=O) groups is 3. The fourth-order valence-electron chi connectivity index (χ4n) is 2.99. The van der Waals surface area contributed by atoms with Crippen LogP contribution in [-0.4, -0.2) is 56.9 Å². The van der Waals surface area contributed by atoms with Crippen molar-refractivity contribution in [3.05, 3.63) is 24.3 Å². The molecule has 1 unspecified atom stereocenters. The molecular formula is C17H20N2O5S. The second-order valence-electron chi connectivity index (χ2n) is 6.09. The highest BCUT2D eigenvalue weighted by Crippen LogP contribution is 2.34. The molecule has 1 fully saturated rings. The minimum atomic E-state index is -0.843. The number of amides is 2. The molecule has 2 amide bonds. The first-order valence-electron chi connectivity index (χ1n) is 8.01. The normalized spacial score (nSPS) is 22.4. The molecule has 3 rings (SSSR count). The summed E-state index contributed by atoms with van der Waals surface area (Å²) in [5, 5.41) is 2.76. The van der Waals surface area contributed by atoms with E-state index in [1.165, 1.54) is 23.8 Å². The van der Waals surface area contributed by atoms with Crippen LogP contribution in [0.4, 0.5) is 5.69 Å². The smallest absolute Gasteiger partial charge is 0.316 e. The number of methoxy groups -OCH3 is 1. The topological polar surface area (TPSA) is 84.9 Å². The van der Waals surface area contributed by atoms with Crippen molar-refractivity contribution in [2.24, 2.45) is 5.41 Å². The number of para-hydroxylation sites is 1. The Morgan fingerprint density at radius 1 is 1.40 bits per heavy atom. The van der Waals surface area contributed by atoms with Gasteiger partial charge in [-0.25, -0.2) is 0 Å². The van der Waals surface area contributed by atoms with Gasteiger partial charge in [0.2, 0.25) is 11.8 Å². The molecule has 1 N–H and O–H groups in total. The predicted octanol–water partition coefficient (Wildman–Crippen LogP) is 0.821. The Bertz CT molecular complexity index is 687. The monoisotopic (exact) mass is 364 g/mol. The quantitative estimate of drug-likeness (QED) is 0.779. The Kier molecular flexibility index (Phi) is 5.29. The molecule has 8 heteroatoms. The van der Waals surface area contributed by atoms with E-state index >= 15 is 0 Å². The van der Waals surface area contributed by atoms with Crippen LogP contribution in [0, 0.1) is 5.41 Å². The molecule has 2 aliphatic rings. The number of thioether (sulfide) groups is 1. The fourth-order valence-corrected chi connectivity index (χ4v) is 3.93. The van der Waals surface area contributed by atoms with Crippen LogP contribution in [0.5, 0.6) is 0 Å². The molecule has 0 radical (unpaired) electrons. The molecule has 0 spiro atoms. The van der Waals surface area contributed by atoms with E-state index < -0.39 is 5.41 Å². The summed E-state index contributed by atoms with van der Waals surface area (Å²) >= 11 is 1.47. The Hall–Kier alpha value is -2.06. The van der Waals surface area contributed by atoms with Gasteiger partial charge in [0.25, 0.3) is 0 Å². The van der Waals surface area contributed by atoms with Crippen LogP contribution in [0.2, 0.25) is 0 Å². The van der Waals surface area contributed by atoms with Gasteiger partial charge >= 0.3 is 5.97 Å². The lowest BCUT2D eigenvalue weighted by atomic mass is 9.87. The summed E-state index contributed by atoms with van der Waals surface area (Å²) in [6.45, 7) is 0.744. The average molecular weight is 364 g/mol. The Morgan fingerprint density at radius 3 is 2.92 bits per heavy atom. The number of ether oxygens (including phenoxy) is 2. The van der Waals surface area contributed by atoms with E-state index in [1.807, 2.05) is 24.3 Å². The number of benzene rings is 1.